The van der Waals surface area contributed by atoms with Crippen LogP contribution in [0.5, 0.6) is 0 Å². The van der Waals surface area contributed by atoms with Crippen LogP contribution in [0.1, 0.15) is 45.4 Å². The Morgan fingerprint density at radius 2 is 2.23 bits per heavy atom. The first-order valence-corrected chi connectivity index (χ1v) is 5.27. The van der Waals surface area contributed by atoms with Crippen LogP contribution in [0.2, 0.25) is 0 Å². The van der Waals surface area contributed by atoms with Crippen molar-refractivity contribution < 1.29 is 9.53 Å². The van der Waals surface area contributed by atoms with Crippen molar-refractivity contribution in [3.05, 3.63) is 0 Å². The molecule has 2 nitrogen and oxygen atoms in total. The van der Waals surface area contributed by atoms with E-state index >= 15 is 0 Å². The molecule has 1 atom stereocenters. The highest BCUT2D eigenvalue weighted by molar-refractivity contribution is 5.78. The van der Waals surface area contributed by atoms with Crippen LogP contribution in [0.15, 0.2) is 0 Å². The zero-order valence-electron chi connectivity index (χ0n) is 8.71. The Morgan fingerprint density at radius 1 is 1.54 bits per heavy atom. The van der Waals surface area contributed by atoms with E-state index in [9.17, 15) is 4.79 Å². The van der Waals surface area contributed by atoms with Crippen molar-refractivity contribution in [3.63, 3.8) is 0 Å². The Bertz CT molecular complexity index is 161. The summed E-state index contributed by atoms with van der Waals surface area (Å²) in [6, 6.07) is 0. The molecule has 0 heterocycles. The number of carbonyl (C=O) groups is 1. The van der Waals surface area contributed by atoms with Gasteiger partial charge in [0.1, 0.15) is 5.78 Å². The van der Waals surface area contributed by atoms with Gasteiger partial charge in [-0.05, 0) is 19.3 Å². The number of hydrogen-bond acceptors (Lipinski definition) is 2. The van der Waals surface area contributed by atoms with Crippen molar-refractivity contribution in [1.82, 2.24) is 0 Å². The van der Waals surface area contributed by atoms with Crippen LogP contribution in [-0.4, -0.2) is 19.0 Å². The van der Waals surface area contributed by atoms with Gasteiger partial charge < -0.3 is 4.74 Å². The van der Waals surface area contributed by atoms with Gasteiger partial charge in [-0.1, -0.05) is 19.3 Å². The number of ketones is 1. The lowest BCUT2D eigenvalue weighted by Gasteiger charge is -2.24. The van der Waals surface area contributed by atoms with Crippen LogP contribution in [-0.2, 0) is 9.53 Å². The lowest BCUT2D eigenvalue weighted by Crippen LogP contribution is -2.17. The van der Waals surface area contributed by atoms with E-state index in [0.717, 1.165) is 12.8 Å². The molecule has 0 spiro atoms. The first-order chi connectivity index (χ1) is 6.22. The number of carbonyl (C=O) groups excluding carboxylic acids is 1. The van der Waals surface area contributed by atoms with Crippen molar-refractivity contribution in [2.75, 3.05) is 7.11 Å². The Hall–Kier alpha value is -0.370. The number of hydrogen-bond donors (Lipinski definition) is 0. The summed E-state index contributed by atoms with van der Waals surface area (Å²) in [4.78, 5) is 11.4. The fraction of sp³-hybridized carbons (Fsp3) is 0.909. The van der Waals surface area contributed by atoms with E-state index in [0.29, 0.717) is 18.1 Å². The molecule has 1 rings (SSSR count). The van der Waals surface area contributed by atoms with Gasteiger partial charge in [-0.2, -0.15) is 0 Å². The Labute approximate surface area is 80.7 Å². The van der Waals surface area contributed by atoms with Gasteiger partial charge in [0.2, 0.25) is 0 Å². The van der Waals surface area contributed by atoms with Gasteiger partial charge >= 0.3 is 0 Å². The SMILES string of the molecule is COC(C)CCC(=O)CC1CCC1. The number of rotatable bonds is 6. The topological polar surface area (TPSA) is 26.3 Å². The summed E-state index contributed by atoms with van der Waals surface area (Å²) >= 11 is 0. The minimum absolute atomic E-state index is 0.227. The van der Waals surface area contributed by atoms with Gasteiger partial charge in [-0.25, -0.2) is 0 Å². The third-order valence-corrected chi connectivity index (χ3v) is 2.97. The van der Waals surface area contributed by atoms with Gasteiger partial charge in [0.25, 0.3) is 0 Å². The molecule has 0 N–H and O–H groups in total. The molecule has 76 valence electrons. The molecule has 13 heavy (non-hydrogen) atoms. The number of ether oxygens (including phenoxy) is 1. The van der Waals surface area contributed by atoms with Crippen LogP contribution in [0.25, 0.3) is 0 Å². The molecule has 1 unspecified atom stereocenters. The monoisotopic (exact) mass is 184 g/mol. The molecule has 1 saturated carbocycles. The maximum absolute atomic E-state index is 11.4. The largest absolute Gasteiger partial charge is 0.382 e. The van der Waals surface area contributed by atoms with Crippen LogP contribution >= 0.6 is 0 Å². The van der Waals surface area contributed by atoms with Gasteiger partial charge in [0.15, 0.2) is 0 Å². The van der Waals surface area contributed by atoms with E-state index in [1.807, 2.05) is 6.92 Å². The Morgan fingerprint density at radius 3 is 2.69 bits per heavy atom. The predicted octanol–water partition coefficient (Wildman–Crippen LogP) is 2.56. The molecule has 1 fully saturated rings. The van der Waals surface area contributed by atoms with Crippen molar-refractivity contribution in [2.45, 2.75) is 51.6 Å². The van der Waals surface area contributed by atoms with Gasteiger partial charge in [0.05, 0.1) is 6.10 Å². The fourth-order valence-corrected chi connectivity index (χ4v) is 1.60. The van der Waals surface area contributed by atoms with Crippen LogP contribution in [0.4, 0.5) is 0 Å². The summed E-state index contributed by atoms with van der Waals surface area (Å²) in [5.74, 6) is 1.14. The maximum atomic E-state index is 11.4. The summed E-state index contributed by atoms with van der Waals surface area (Å²) in [6.45, 7) is 2.01. The molecule has 0 saturated heterocycles. The Balaban J connectivity index is 2.03. The lowest BCUT2D eigenvalue weighted by atomic mass is 9.81. The lowest BCUT2D eigenvalue weighted by molar-refractivity contribution is -0.121. The molecule has 0 bridgehead atoms. The van der Waals surface area contributed by atoms with E-state index in [1.54, 1.807) is 7.11 Å². The molecule has 2 heteroatoms. The number of methoxy groups -OCH3 is 1. The summed E-state index contributed by atoms with van der Waals surface area (Å²) < 4.78 is 5.09. The second-order valence-corrected chi connectivity index (χ2v) is 4.12. The van der Waals surface area contributed by atoms with Crippen LogP contribution in [0, 0.1) is 5.92 Å². The van der Waals surface area contributed by atoms with Crippen molar-refractivity contribution >= 4 is 5.78 Å². The minimum Gasteiger partial charge on any atom is -0.382 e. The molecule has 1 aliphatic carbocycles. The molecular formula is C11H20O2. The fourth-order valence-electron chi connectivity index (χ4n) is 1.60. The average molecular weight is 184 g/mol. The minimum atomic E-state index is 0.227. The van der Waals surface area contributed by atoms with Crippen molar-refractivity contribution in [2.24, 2.45) is 5.92 Å². The molecule has 1 aliphatic rings. The standard InChI is InChI=1S/C11H20O2/c1-9(13-2)6-7-11(12)8-10-4-3-5-10/h9-10H,3-8H2,1-2H3. The summed E-state index contributed by atoms with van der Waals surface area (Å²) in [6.07, 6.45) is 6.48. The quantitative estimate of drug-likeness (QED) is 0.634. The summed E-state index contributed by atoms with van der Waals surface area (Å²) in [5, 5.41) is 0. The molecule has 0 aliphatic heterocycles. The van der Waals surface area contributed by atoms with E-state index in [1.165, 1.54) is 19.3 Å². The highest BCUT2D eigenvalue weighted by atomic mass is 16.5. The smallest absolute Gasteiger partial charge is 0.133 e. The molecule has 0 aromatic carbocycles. The normalized spacial score (nSPS) is 19.5. The average Bonchev–Trinajstić information content (AvgIpc) is 2.07. The highest BCUT2D eigenvalue weighted by Gasteiger charge is 2.20. The van der Waals surface area contributed by atoms with Gasteiger partial charge in [0, 0.05) is 20.0 Å². The van der Waals surface area contributed by atoms with E-state index in [2.05, 4.69) is 0 Å². The molecular weight excluding hydrogens is 164 g/mol. The first-order valence-electron chi connectivity index (χ1n) is 5.27. The molecule has 0 amide bonds. The van der Waals surface area contributed by atoms with Crippen LogP contribution < -0.4 is 0 Å². The van der Waals surface area contributed by atoms with Crippen molar-refractivity contribution in [3.8, 4) is 0 Å². The zero-order valence-corrected chi connectivity index (χ0v) is 8.71. The van der Waals surface area contributed by atoms with E-state index in [4.69, 9.17) is 4.74 Å². The second kappa shape index (κ2) is 5.38. The molecule has 0 radical (unpaired) electrons. The first kappa shape index (κ1) is 10.7. The van der Waals surface area contributed by atoms with E-state index < -0.39 is 0 Å². The van der Waals surface area contributed by atoms with Gasteiger partial charge in [-0.3, -0.25) is 4.79 Å². The van der Waals surface area contributed by atoms with Crippen molar-refractivity contribution in [1.29, 1.82) is 0 Å². The Kier molecular flexibility index (Phi) is 4.43. The second-order valence-electron chi connectivity index (χ2n) is 4.12. The zero-order chi connectivity index (χ0) is 9.68. The summed E-state index contributed by atoms with van der Waals surface area (Å²) in [7, 11) is 1.70. The van der Waals surface area contributed by atoms with Crippen LogP contribution in [0.3, 0.4) is 0 Å². The number of Topliss-reactive ketones (excluding diaryl/α,β-unsaturated/α-hetero) is 1. The predicted molar refractivity (Wildman–Crippen MR) is 52.7 cm³/mol. The third kappa shape index (κ3) is 3.90. The maximum Gasteiger partial charge on any atom is 0.133 e. The molecule has 0 aromatic heterocycles. The van der Waals surface area contributed by atoms with E-state index in [-0.39, 0.29) is 6.10 Å². The molecule has 0 aromatic rings. The summed E-state index contributed by atoms with van der Waals surface area (Å²) in [5.41, 5.74) is 0. The highest BCUT2D eigenvalue weighted by Crippen LogP contribution is 2.29. The third-order valence-electron chi connectivity index (χ3n) is 2.97. The van der Waals surface area contributed by atoms with Gasteiger partial charge in [-0.15, -0.1) is 0 Å².